The zero-order chi connectivity index (χ0) is 8.36. The van der Waals surface area contributed by atoms with Gasteiger partial charge in [0.05, 0.1) is 0 Å². The van der Waals surface area contributed by atoms with Crippen LogP contribution in [-0.4, -0.2) is 6.29 Å². The summed E-state index contributed by atoms with van der Waals surface area (Å²) < 4.78 is 0. The molecule has 1 nitrogen and oxygen atoms in total. The Morgan fingerprint density at radius 2 is 1.64 bits per heavy atom. The van der Waals surface area contributed by atoms with Crippen LogP contribution in [-0.2, 0) is 4.79 Å². The van der Waals surface area contributed by atoms with Gasteiger partial charge in [-0.15, -0.1) is 0 Å². The fourth-order valence-corrected chi connectivity index (χ4v) is 1.01. The standard InChI is InChI=1S/C10H18O/c1-2-3-4-5-6-7-8-9-10-11/h2-3,10H,4-9H2,1H3. The number of carbonyl (C=O) groups is 1. The lowest BCUT2D eigenvalue weighted by Crippen LogP contribution is -1.78. The van der Waals surface area contributed by atoms with Gasteiger partial charge in [0.1, 0.15) is 6.29 Å². The molecule has 0 aliphatic rings. The Kier molecular flexibility index (Phi) is 8.91. The number of carbonyl (C=O) groups excluding carboxylic acids is 1. The van der Waals surface area contributed by atoms with Crippen molar-refractivity contribution in [1.82, 2.24) is 0 Å². The molecule has 11 heavy (non-hydrogen) atoms. The smallest absolute Gasteiger partial charge is 0.119 e. The molecule has 0 saturated carbocycles. The second-order valence-electron chi connectivity index (χ2n) is 2.73. The summed E-state index contributed by atoms with van der Waals surface area (Å²) in [5.74, 6) is 0. The molecule has 0 N–H and O–H groups in total. The predicted octanol–water partition coefficient (Wildman–Crippen LogP) is 3.10. The average Bonchev–Trinajstić information content (AvgIpc) is 2.03. The summed E-state index contributed by atoms with van der Waals surface area (Å²) in [5, 5.41) is 0. The Bertz CT molecular complexity index is 105. The molecule has 0 atom stereocenters. The summed E-state index contributed by atoms with van der Waals surface area (Å²) in [6.07, 6.45) is 12.0. The predicted molar refractivity (Wildman–Crippen MR) is 48.6 cm³/mol. The molecule has 0 heterocycles. The minimum atomic E-state index is 0.740. The lowest BCUT2D eigenvalue weighted by atomic mass is 10.1. The van der Waals surface area contributed by atoms with Crippen LogP contribution in [0.25, 0.3) is 0 Å². The summed E-state index contributed by atoms with van der Waals surface area (Å²) in [7, 11) is 0. The highest BCUT2D eigenvalue weighted by Gasteiger charge is 1.87. The number of allylic oxidation sites excluding steroid dienone is 2. The highest BCUT2D eigenvalue weighted by molar-refractivity contribution is 5.48. The van der Waals surface area contributed by atoms with Crippen molar-refractivity contribution >= 4 is 6.29 Å². The van der Waals surface area contributed by atoms with E-state index in [1.165, 1.54) is 25.7 Å². The molecule has 0 bridgehead atoms. The highest BCUT2D eigenvalue weighted by atomic mass is 16.1. The van der Waals surface area contributed by atoms with Crippen molar-refractivity contribution in [2.45, 2.75) is 45.4 Å². The van der Waals surface area contributed by atoms with E-state index in [-0.39, 0.29) is 0 Å². The van der Waals surface area contributed by atoms with Gasteiger partial charge in [-0.1, -0.05) is 25.0 Å². The van der Waals surface area contributed by atoms with E-state index in [1.807, 2.05) is 6.92 Å². The van der Waals surface area contributed by atoms with Crippen LogP contribution in [0.2, 0.25) is 0 Å². The van der Waals surface area contributed by atoms with Gasteiger partial charge in [-0.05, 0) is 26.2 Å². The van der Waals surface area contributed by atoms with Crippen LogP contribution < -0.4 is 0 Å². The number of hydrogen-bond acceptors (Lipinski definition) is 1. The quantitative estimate of drug-likeness (QED) is 0.313. The minimum Gasteiger partial charge on any atom is -0.303 e. The Hall–Kier alpha value is -0.590. The second kappa shape index (κ2) is 9.41. The van der Waals surface area contributed by atoms with Crippen LogP contribution in [0.5, 0.6) is 0 Å². The van der Waals surface area contributed by atoms with Crippen molar-refractivity contribution in [3.05, 3.63) is 12.2 Å². The van der Waals surface area contributed by atoms with Crippen molar-refractivity contribution < 1.29 is 4.79 Å². The molecule has 0 saturated heterocycles. The van der Waals surface area contributed by atoms with Crippen molar-refractivity contribution in [3.8, 4) is 0 Å². The van der Waals surface area contributed by atoms with Crippen molar-refractivity contribution in [2.75, 3.05) is 0 Å². The Balaban J connectivity index is 2.84. The maximum absolute atomic E-state index is 9.93. The van der Waals surface area contributed by atoms with Gasteiger partial charge in [0.25, 0.3) is 0 Å². The van der Waals surface area contributed by atoms with Gasteiger partial charge >= 0.3 is 0 Å². The first-order valence-electron chi connectivity index (χ1n) is 4.46. The summed E-state index contributed by atoms with van der Waals surface area (Å²) >= 11 is 0. The summed E-state index contributed by atoms with van der Waals surface area (Å²) in [5.41, 5.74) is 0. The second-order valence-corrected chi connectivity index (χ2v) is 2.73. The molecule has 64 valence electrons. The molecular weight excluding hydrogens is 136 g/mol. The van der Waals surface area contributed by atoms with Gasteiger partial charge in [0.15, 0.2) is 0 Å². The van der Waals surface area contributed by atoms with E-state index in [9.17, 15) is 4.79 Å². The number of rotatable bonds is 7. The largest absolute Gasteiger partial charge is 0.303 e. The third-order valence-corrected chi connectivity index (χ3v) is 1.68. The Morgan fingerprint density at radius 3 is 2.18 bits per heavy atom. The normalized spacial score (nSPS) is 10.6. The SMILES string of the molecule is CC=CCCCCCCC=O. The van der Waals surface area contributed by atoms with E-state index >= 15 is 0 Å². The van der Waals surface area contributed by atoms with Crippen molar-refractivity contribution in [2.24, 2.45) is 0 Å². The maximum Gasteiger partial charge on any atom is 0.119 e. The number of hydrogen-bond donors (Lipinski definition) is 0. The monoisotopic (exact) mass is 154 g/mol. The molecule has 0 aliphatic carbocycles. The van der Waals surface area contributed by atoms with Gasteiger partial charge in [-0.25, -0.2) is 0 Å². The molecule has 0 radical (unpaired) electrons. The lowest BCUT2D eigenvalue weighted by Gasteiger charge is -1.94. The fourth-order valence-electron chi connectivity index (χ4n) is 1.01. The average molecular weight is 154 g/mol. The zero-order valence-corrected chi connectivity index (χ0v) is 7.38. The first-order chi connectivity index (χ1) is 5.41. The van der Waals surface area contributed by atoms with Crippen LogP contribution in [0.1, 0.15) is 45.4 Å². The molecule has 0 amide bonds. The van der Waals surface area contributed by atoms with Crippen LogP contribution in [0.3, 0.4) is 0 Å². The summed E-state index contributed by atoms with van der Waals surface area (Å²) in [6, 6.07) is 0. The first kappa shape index (κ1) is 10.4. The molecule has 0 spiro atoms. The molecule has 0 aromatic carbocycles. The third-order valence-electron chi connectivity index (χ3n) is 1.68. The van der Waals surface area contributed by atoms with Crippen LogP contribution in [0.15, 0.2) is 12.2 Å². The van der Waals surface area contributed by atoms with Gasteiger partial charge in [-0.2, -0.15) is 0 Å². The summed E-state index contributed by atoms with van der Waals surface area (Å²) in [4.78, 5) is 9.93. The molecule has 0 unspecified atom stereocenters. The maximum atomic E-state index is 9.93. The van der Waals surface area contributed by atoms with Gasteiger partial charge in [0, 0.05) is 6.42 Å². The lowest BCUT2D eigenvalue weighted by molar-refractivity contribution is -0.107. The van der Waals surface area contributed by atoms with Gasteiger partial charge < -0.3 is 4.79 Å². The molecule has 0 aromatic rings. The van der Waals surface area contributed by atoms with E-state index in [0.29, 0.717) is 0 Å². The van der Waals surface area contributed by atoms with Crippen LogP contribution in [0, 0.1) is 0 Å². The molecular formula is C10H18O. The first-order valence-corrected chi connectivity index (χ1v) is 4.46. The Morgan fingerprint density at radius 1 is 1.00 bits per heavy atom. The van der Waals surface area contributed by atoms with E-state index in [1.54, 1.807) is 0 Å². The van der Waals surface area contributed by atoms with Crippen LogP contribution >= 0.6 is 0 Å². The summed E-state index contributed by atoms with van der Waals surface area (Å²) in [6.45, 7) is 2.05. The Labute approximate surface area is 69.5 Å². The highest BCUT2D eigenvalue weighted by Crippen LogP contribution is 2.04. The number of unbranched alkanes of at least 4 members (excludes halogenated alkanes) is 5. The topological polar surface area (TPSA) is 17.1 Å². The van der Waals surface area contributed by atoms with E-state index in [2.05, 4.69) is 12.2 Å². The third kappa shape index (κ3) is 9.41. The molecule has 0 aliphatic heterocycles. The fraction of sp³-hybridized carbons (Fsp3) is 0.700. The number of aldehydes is 1. The molecule has 0 rings (SSSR count). The van der Waals surface area contributed by atoms with Crippen LogP contribution in [0.4, 0.5) is 0 Å². The van der Waals surface area contributed by atoms with E-state index in [0.717, 1.165) is 19.1 Å². The molecule has 0 aromatic heterocycles. The van der Waals surface area contributed by atoms with Crippen molar-refractivity contribution in [1.29, 1.82) is 0 Å². The van der Waals surface area contributed by atoms with Gasteiger partial charge in [-0.3, -0.25) is 0 Å². The van der Waals surface area contributed by atoms with E-state index < -0.39 is 0 Å². The van der Waals surface area contributed by atoms with Crippen molar-refractivity contribution in [3.63, 3.8) is 0 Å². The zero-order valence-electron chi connectivity index (χ0n) is 7.38. The van der Waals surface area contributed by atoms with E-state index in [4.69, 9.17) is 0 Å². The molecule has 1 heteroatoms. The molecule has 0 fully saturated rings. The van der Waals surface area contributed by atoms with Gasteiger partial charge in [0.2, 0.25) is 0 Å². The minimum absolute atomic E-state index is 0.740.